The van der Waals surface area contributed by atoms with E-state index in [1.807, 2.05) is 20.0 Å². The van der Waals surface area contributed by atoms with E-state index in [-0.39, 0.29) is 11.9 Å². The number of benzene rings is 2. The maximum atomic E-state index is 13.5. The van der Waals surface area contributed by atoms with Crippen molar-refractivity contribution in [3.05, 3.63) is 69.5 Å². The zero-order chi connectivity index (χ0) is 15.6. The van der Waals surface area contributed by atoms with Gasteiger partial charge in [-0.05, 0) is 81.1 Å². The Morgan fingerprint density at radius 2 is 1.57 bits per heavy atom. The number of aryl methyl sites for hydroxylation is 4. The van der Waals surface area contributed by atoms with Crippen molar-refractivity contribution in [3.8, 4) is 0 Å². The highest BCUT2D eigenvalue weighted by Crippen LogP contribution is 2.27. The van der Waals surface area contributed by atoms with Gasteiger partial charge >= 0.3 is 0 Å². The number of halogens is 1. The van der Waals surface area contributed by atoms with Gasteiger partial charge in [0.15, 0.2) is 0 Å². The van der Waals surface area contributed by atoms with Gasteiger partial charge < -0.3 is 5.32 Å². The van der Waals surface area contributed by atoms with Gasteiger partial charge in [0.2, 0.25) is 0 Å². The number of likely N-dealkylation sites (N-methyl/N-ethyl adjacent to an activating group) is 1. The summed E-state index contributed by atoms with van der Waals surface area (Å²) < 4.78 is 13.5. The third-order valence-corrected chi connectivity index (χ3v) is 4.17. The molecule has 0 radical (unpaired) electrons. The summed E-state index contributed by atoms with van der Waals surface area (Å²) in [4.78, 5) is 0. The van der Waals surface area contributed by atoms with Crippen molar-refractivity contribution in [1.29, 1.82) is 0 Å². The van der Waals surface area contributed by atoms with Crippen molar-refractivity contribution in [2.75, 3.05) is 7.05 Å². The number of hydrogen-bond acceptors (Lipinski definition) is 1. The summed E-state index contributed by atoms with van der Waals surface area (Å²) in [6.07, 6.45) is 0.796. The topological polar surface area (TPSA) is 12.0 Å². The zero-order valence-electron chi connectivity index (χ0n) is 13.5. The average Bonchev–Trinajstić information content (AvgIpc) is 2.40. The van der Waals surface area contributed by atoms with Gasteiger partial charge in [-0.1, -0.05) is 23.8 Å². The van der Waals surface area contributed by atoms with Crippen LogP contribution in [0.1, 0.15) is 39.4 Å². The highest BCUT2D eigenvalue weighted by molar-refractivity contribution is 5.41. The maximum Gasteiger partial charge on any atom is 0.123 e. The van der Waals surface area contributed by atoms with Gasteiger partial charge in [0.1, 0.15) is 5.82 Å². The molecule has 1 atom stereocenters. The molecule has 1 unspecified atom stereocenters. The van der Waals surface area contributed by atoms with Crippen LogP contribution in [0.3, 0.4) is 0 Å². The molecule has 0 amide bonds. The van der Waals surface area contributed by atoms with Gasteiger partial charge in [-0.3, -0.25) is 0 Å². The van der Waals surface area contributed by atoms with Crippen LogP contribution in [0, 0.1) is 33.5 Å². The SMILES string of the molecule is CNC(Cc1cc(F)ccc1C)c1c(C)cc(C)cc1C. The first-order valence-corrected chi connectivity index (χ1v) is 7.42. The van der Waals surface area contributed by atoms with Gasteiger partial charge in [0.25, 0.3) is 0 Å². The minimum Gasteiger partial charge on any atom is -0.313 e. The van der Waals surface area contributed by atoms with E-state index in [0.29, 0.717) is 0 Å². The van der Waals surface area contributed by atoms with Crippen molar-refractivity contribution in [1.82, 2.24) is 5.32 Å². The number of rotatable bonds is 4. The Morgan fingerprint density at radius 3 is 2.14 bits per heavy atom. The summed E-state index contributed by atoms with van der Waals surface area (Å²) in [5, 5.41) is 3.39. The first-order valence-electron chi connectivity index (χ1n) is 7.42. The molecule has 2 aromatic rings. The van der Waals surface area contributed by atoms with E-state index in [0.717, 1.165) is 17.5 Å². The maximum absolute atomic E-state index is 13.5. The summed E-state index contributed by atoms with van der Waals surface area (Å²) in [5.41, 5.74) is 7.40. The van der Waals surface area contributed by atoms with Crippen LogP contribution in [0.25, 0.3) is 0 Å². The van der Waals surface area contributed by atoms with Crippen LogP contribution in [-0.4, -0.2) is 7.05 Å². The Labute approximate surface area is 127 Å². The fraction of sp³-hybridized carbons (Fsp3) is 0.368. The van der Waals surface area contributed by atoms with E-state index in [9.17, 15) is 4.39 Å². The molecule has 0 aliphatic carbocycles. The van der Waals surface area contributed by atoms with E-state index < -0.39 is 0 Å². The molecule has 0 saturated heterocycles. The predicted octanol–water partition coefficient (Wildman–Crippen LogP) is 4.56. The lowest BCUT2D eigenvalue weighted by Crippen LogP contribution is -2.21. The Morgan fingerprint density at radius 1 is 0.952 bits per heavy atom. The van der Waals surface area contributed by atoms with E-state index in [4.69, 9.17) is 0 Å². The number of hydrogen-bond donors (Lipinski definition) is 1. The van der Waals surface area contributed by atoms with Crippen molar-refractivity contribution >= 4 is 0 Å². The van der Waals surface area contributed by atoms with Gasteiger partial charge in [-0.2, -0.15) is 0 Å². The third-order valence-electron chi connectivity index (χ3n) is 4.17. The molecule has 0 aromatic heterocycles. The van der Waals surface area contributed by atoms with Gasteiger partial charge in [0.05, 0.1) is 0 Å². The van der Waals surface area contributed by atoms with Crippen LogP contribution in [0.5, 0.6) is 0 Å². The Kier molecular flexibility index (Phi) is 4.79. The Balaban J connectivity index is 2.39. The van der Waals surface area contributed by atoms with Crippen LogP contribution >= 0.6 is 0 Å². The molecule has 0 fully saturated rings. The average molecular weight is 285 g/mol. The molecular weight excluding hydrogens is 261 g/mol. The van der Waals surface area contributed by atoms with Crippen LogP contribution in [0.15, 0.2) is 30.3 Å². The van der Waals surface area contributed by atoms with E-state index >= 15 is 0 Å². The second-order valence-electron chi connectivity index (χ2n) is 5.93. The van der Waals surface area contributed by atoms with Crippen LogP contribution in [-0.2, 0) is 6.42 Å². The van der Waals surface area contributed by atoms with Crippen LogP contribution in [0.4, 0.5) is 4.39 Å². The first-order chi connectivity index (χ1) is 9.92. The fourth-order valence-corrected chi connectivity index (χ4v) is 3.17. The monoisotopic (exact) mass is 285 g/mol. The standard InChI is InChI=1S/C19H24FN/c1-12-8-14(3)19(15(4)9-12)18(21-5)11-16-10-17(20)7-6-13(16)2/h6-10,18,21H,11H2,1-5H3. The molecule has 1 nitrogen and oxygen atoms in total. The second-order valence-corrected chi connectivity index (χ2v) is 5.93. The highest BCUT2D eigenvalue weighted by atomic mass is 19.1. The molecular formula is C19H24FN. The lowest BCUT2D eigenvalue weighted by Gasteiger charge is -2.23. The molecule has 2 rings (SSSR count). The lowest BCUT2D eigenvalue weighted by molar-refractivity contribution is 0.577. The molecule has 0 aliphatic rings. The summed E-state index contributed by atoms with van der Waals surface area (Å²) in [6, 6.07) is 9.66. The molecule has 0 bridgehead atoms. The summed E-state index contributed by atoms with van der Waals surface area (Å²) in [5.74, 6) is -0.164. The largest absolute Gasteiger partial charge is 0.313 e. The first kappa shape index (κ1) is 15.7. The molecule has 0 heterocycles. The molecule has 112 valence electrons. The minimum atomic E-state index is -0.164. The van der Waals surface area contributed by atoms with Gasteiger partial charge in [0, 0.05) is 6.04 Å². The summed E-state index contributed by atoms with van der Waals surface area (Å²) in [7, 11) is 1.97. The van der Waals surface area contributed by atoms with Crippen molar-refractivity contribution < 1.29 is 4.39 Å². The molecule has 0 saturated carbocycles. The predicted molar refractivity (Wildman–Crippen MR) is 87.3 cm³/mol. The van der Waals surface area contributed by atoms with Crippen LogP contribution < -0.4 is 5.32 Å². The van der Waals surface area contributed by atoms with Gasteiger partial charge in [-0.15, -0.1) is 0 Å². The van der Waals surface area contributed by atoms with Gasteiger partial charge in [-0.25, -0.2) is 4.39 Å². The number of nitrogens with one attached hydrogen (secondary N) is 1. The molecule has 0 aliphatic heterocycles. The molecule has 2 aromatic carbocycles. The van der Waals surface area contributed by atoms with Crippen molar-refractivity contribution in [2.45, 2.75) is 40.2 Å². The molecule has 1 N–H and O–H groups in total. The van der Waals surface area contributed by atoms with E-state index in [1.54, 1.807) is 6.07 Å². The Bertz CT molecular complexity index is 623. The van der Waals surface area contributed by atoms with E-state index in [1.165, 1.54) is 28.3 Å². The highest BCUT2D eigenvalue weighted by Gasteiger charge is 2.16. The zero-order valence-corrected chi connectivity index (χ0v) is 13.5. The van der Waals surface area contributed by atoms with E-state index in [2.05, 4.69) is 38.2 Å². The molecule has 21 heavy (non-hydrogen) atoms. The van der Waals surface area contributed by atoms with Crippen LogP contribution in [0.2, 0.25) is 0 Å². The normalized spacial score (nSPS) is 12.5. The smallest absolute Gasteiger partial charge is 0.123 e. The third kappa shape index (κ3) is 3.51. The molecule has 2 heteroatoms. The summed E-state index contributed by atoms with van der Waals surface area (Å²) >= 11 is 0. The molecule has 0 spiro atoms. The quantitative estimate of drug-likeness (QED) is 0.868. The second kappa shape index (κ2) is 6.40. The fourth-order valence-electron chi connectivity index (χ4n) is 3.17. The Hall–Kier alpha value is -1.67. The van der Waals surface area contributed by atoms with Crippen molar-refractivity contribution in [2.24, 2.45) is 0 Å². The lowest BCUT2D eigenvalue weighted by atomic mass is 9.89. The van der Waals surface area contributed by atoms with Crippen molar-refractivity contribution in [3.63, 3.8) is 0 Å². The summed E-state index contributed by atoms with van der Waals surface area (Å²) in [6.45, 7) is 8.46. The minimum absolute atomic E-state index is 0.164.